The summed E-state index contributed by atoms with van der Waals surface area (Å²) in [6.45, 7) is 3.61. The Kier molecular flexibility index (Phi) is 4.80. The van der Waals surface area contributed by atoms with Gasteiger partial charge in [0.2, 0.25) is 0 Å². The van der Waals surface area contributed by atoms with Gasteiger partial charge in [0.1, 0.15) is 0 Å². The van der Waals surface area contributed by atoms with Crippen LogP contribution in [0, 0.1) is 0 Å². The lowest BCUT2D eigenvalue weighted by Gasteiger charge is -2.26. The molecule has 1 N–H and O–H groups in total. The lowest BCUT2D eigenvalue weighted by atomic mass is 10.0. The SMILES string of the molecule is CC(NC1CCS(=O)CC1)c1ccc2c(c1)OCCCO2. The van der Waals surface area contributed by atoms with E-state index in [1.807, 2.05) is 6.07 Å². The zero-order chi connectivity index (χ0) is 14.7. The lowest BCUT2D eigenvalue weighted by molar-refractivity contribution is 0.297. The Hall–Kier alpha value is -1.07. The number of hydrogen-bond donors (Lipinski definition) is 1. The maximum atomic E-state index is 11.4. The third-order valence-corrected chi connectivity index (χ3v) is 5.53. The fourth-order valence-corrected chi connectivity index (χ4v) is 4.16. The number of hydrogen-bond acceptors (Lipinski definition) is 4. The molecule has 0 radical (unpaired) electrons. The molecule has 0 bridgehead atoms. The zero-order valence-electron chi connectivity index (χ0n) is 12.5. The van der Waals surface area contributed by atoms with Gasteiger partial charge in [-0.2, -0.15) is 0 Å². The van der Waals surface area contributed by atoms with Crippen LogP contribution in [0.4, 0.5) is 0 Å². The Labute approximate surface area is 128 Å². The van der Waals surface area contributed by atoms with E-state index in [0.29, 0.717) is 12.6 Å². The predicted molar refractivity (Wildman–Crippen MR) is 84.5 cm³/mol. The van der Waals surface area contributed by atoms with E-state index >= 15 is 0 Å². The molecule has 4 nitrogen and oxygen atoms in total. The van der Waals surface area contributed by atoms with Crippen molar-refractivity contribution in [1.82, 2.24) is 5.32 Å². The summed E-state index contributed by atoms with van der Waals surface area (Å²) in [6, 6.07) is 6.92. The van der Waals surface area contributed by atoms with Crippen LogP contribution >= 0.6 is 0 Å². The molecule has 2 heterocycles. The molecule has 1 saturated heterocycles. The van der Waals surface area contributed by atoms with Gasteiger partial charge in [0, 0.05) is 40.8 Å². The van der Waals surface area contributed by atoms with Gasteiger partial charge in [-0.15, -0.1) is 0 Å². The Balaban J connectivity index is 1.65. The van der Waals surface area contributed by atoms with Gasteiger partial charge in [0.05, 0.1) is 13.2 Å². The first kappa shape index (κ1) is 14.9. The van der Waals surface area contributed by atoms with Gasteiger partial charge < -0.3 is 14.8 Å². The van der Waals surface area contributed by atoms with E-state index in [1.165, 1.54) is 5.56 Å². The smallest absolute Gasteiger partial charge is 0.161 e. The first-order chi connectivity index (χ1) is 10.2. The normalized spacial score (nSPS) is 26.9. The number of nitrogens with one attached hydrogen (secondary N) is 1. The van der Waals surface area contributed by atoms with Crippen molar-refractivity contribution in [2.45, 2.75) is 38.3 Å². The highest BCUT2D eigenvalue weighted by Gasteiger charge is 2.20. The van der Waals surface area contributed by atoms with Crippen molar-refractivity contribution in [3.63, 3.8) is 0 Å². The molecule has 1 unspecified atom stereocenters. The molecule has 5 heteroatoms. The van der Waals surface area contributed by atoms with Crippen molar-refractivity contribution in [2.24, 2.45) is 0 Å². The molecule has 21 heavy (non-hydrogen) atoms. The maximum Gasteiger partial charge on any atom is 0.161 e. The second-order valence-corrected chi connectivity index (χ2v) is 7.46. The highest BCUT2D eigenvalue weighted by molar-refractivity contribution is 7.85. The molecular formula is C16H23NO3S. The molecule has 0 saturated carbocycles. The Bertz CT molecular complexity index is 510. The van der Waals surface area contributed by atoms with Crippen LogP contribution in [-0.2, 0) is 10.8 Å². The first-order valence-corrected chi connectivity index (χ1v) is 9.22. The molecule has 1 atom stereocenters. The number of benzene rings is 1. The van der Waals surface area contributed by atoms with Gasteiger partial charge >= 0.3 is 0 Å². The lowest BCUT2D eigenvalue weighted by Crippen LogP contribution is -2.37. The van der Waals surface area contributed by atoms with E-state index in [-0.39, 0.29) is 6.04 Å². The summed E-state index contributed by atoms with van der Waals surface area (Å²) in [5, 5.41) is 3.65. The first-order valence-electron chi connectivity index (χ1n) is 7.73. The minimum absolute atomic E-state index is 0.263. The molecule has 2 aliphatic rings. The molecule has 1 aromatic rings. The number of fused-ring (bicyclic) bond motifs is 1. The van der Waals surface area contributed by atoms with Crippen LogP contribution < -0.4 is 14.8 Å². The summed E-state index contributed by atoms with van der Waals surface area (Å²) in [5.74, 6) is 3.34. The van der Waals surface area contributed by atoms with E-state index in [4.69, 9.17) is 9.47 Å². The average molecular weight is 309 g/mol. The molecule has 116 valence electrons. The van der Waals surface area contributed by atoms with Gasteiger partial charge in [-0.1, -0.05) is 6.07 Å². The Morgan fingerprint density at radius 1 is 1.19 bits per heavy atom. The minimum Gasteiger partial charge on any atom is -0.490 e. The Morgan fingerprint density at radius 3 is 2.67 bits per heavy atom. The van der Waals surface area contributed by atoms with Gasteiger partial charge in [-0.05, 0) is 37.5 Å². The topological polar surface area (TPSA) is 47.6 Å². The van der Waals surface area contributed by atoms with E-state index in [0.717, 1.165) is 48.9 Å². The van der Waals surface area contributed by atoms with Crippen molar-refractivity contribution < 1.29 is 13.7 Å². The largest absolute Gasteiger partial charge is 0.490 e. The van der Waals surface area contributed by atoms with E-state index < -0.39 is 10.8 Å². The van der Waals surface area contributed by atoms with E-state index in [1.54, 1.807) is 0 Å². The molecule has 0 aliphatic carbocycles. The van der Waals surface area contributed by atoms with Crippen molar-refractivity contribution >= 4 is 10.8 Å². The van der Waals surface area contributed by atoms with E-state index in [9.17, 15) is 4.21 Å². The molecule has 1 aromatic carbocycles. The summed E-state index contributed by atoms with van der Waals surface area (Å²) >= 11 is 0. The molecule has 1 fully saturated rings. The quantitative estimate of drug-likeness (QED) is 0.931. The Morgan fingerprint density at radius 2 is 1.90 bits per heavy atom. The number of ether oxygens (including phenoxy) is 2. The van der Waals surface area contributed by atoms with Gasteiger partial charge in [0.15, 0.2) is 11.5 Å². The van der Waals surface area contributed by atoms with Crippen molar-refractivity contribution in [1.29, 1.82) is 0 Å². The fraction of sp³-hybridized carbons (Fsp3) is 0.625. The zero-order valence-corrected chi connectivity index (χ0v) is 13.3. The number of rotatable bonds is 3. The van der Waals surface area contributed by atoms with Crippen LogP contribution in [0.2, 0.25) is 0 Å². The highest BCUT2D eigenvalue weighted by atomic mass is 32.2. The fourth-order valence-electron chi connectivity index (χ4n) is 2.86. The maximum absolute atomic E-state index is 11.4. The van der Waals surface area contributed by atoms with Crippen LogP contribution in [0.3, 0.4) is 0 Å². The predicted octanol–water partition coefficient (Wildman–Crippen LogP) is 2.41. The summed E-state index contributed by atoms with van der Waals surface area (Å²) in [6.07, 6.45) is 2.93. The van der Waals surface area contributed by atoms with Gasteiger partial charge in [0.25, 0.3) is 0 Å². The van der Waals surface area contributed by atoms with Gasteiger partial charge in [-0.3, -0.25) is 4.21 Å². The molecule has 0 spiro atoms. The van der Waals surface area contributed by atoms with Gasteiger partial charge in [-0.25, -0.2) is 0 Å². The van der Waals surface area contributed by atoms with E-state index in [2.05, 4.69) is 24.4 Å². The van der Waals surface area contributed by atoms with Crippen molar-refractivity contribution in [3.05, 3.63) is 23.8 Å². The standard InChI is InChI=1S/C16H23NO3S/c1-12(17-14-5-9-21(18)10-6-14)13-3-4-15-16(11-13)20-8-2-7-19-15/h3-4,11-12,14,17H,2,5-10H2,1H3. The summed E-state index contributed by atoms with van der Waals surface area (Å²) in [4.78, 5) is 0. The molecule has 2 aliphatic heterocycles. The minimum atomic E-state index is -0.601. The van der Waals surface area contributed by atoms with Crippen molar-refractivity contribution in [3.8, 4) is 11.5 Å². The second-order valence-electron chi connectivity index (χ2n) is 5.77. The third-order valence-electron chi connectivity index (χ3n) is 4.15. The third kappa shape index (κ3) is 3.77. The second kappa shape index (κ2) is 6.79. The average Bonchev–Trinajstić information content (AvgIpc) is 2.74. The summed E-state index contributed by atoms with van der Waals surface area (Å²) in [5.41, 5.74) is 1.21. The monoisotopic (exact) mass is 309 g/mol. The highest BCUT2D eigenvalue weighted by Crippen LogP contribution is 2.32. The van der Waals surface area contributed by atoms with Crippen LogP contribution in [0.15, 0.2) is 18.2 Å². The van der Waals surface area contributed by atoms with Crippen LogP contribution in [0.25, 0.3) is 0 Å². The molecule has 0 amide bonds. The molecular weight excluding hydrogens is 286 g/mol. The van der Waals surface area contributed by atoms with Crippen LogP contribution in [0.1, 0.15) is 37.8 Å². The molecule has 3 rings (SSSR count). The molecule has 0 aromatic heterocycles. The summed E-state index contributed by atoms with van der Waals surface area (Å²) < 4.78 is 22.8. The van der Waals surface area contributed by atoms with Crippen LogP contribution in [0.5, 0.6) is 11.5 Å². The summed E-state index contributed by atoms with van der Waals surface area (Å²) in [7, 11) is -0.601. The van der Waals surface area contributed by atoms with Crippen LogP contribution in [-0.4, -0.2) is 35.0 Å². The van der Waals surface area contributed by atoms with Crippen molar-refractivity contribution in [2.75, 3.05) is 24.7 Å².